The summed E-state index contributed by atoms with van der Waals surface area (Å²) in [5.41, 5.74) is 6.88. The van der Waals surface area contributed by atoms with E-state index in [0.717, 1.165) is 41.1 Å². The zero-order chi connectivity index (χ0) is 37.3. The number of aromatic nitrogens is 1. The maximum absolute atomic E-state index is 5.11. The standard InChI is InChI=1S/C51H42N4S/c1-6-18-37(19-7-1)49-52-50(38-20-8-2-9-21-38)54-51(53-49)39-30-32-40(33-31-39)55-47-29-17-16-28-45(47)46-35-34-44(36-48(46)55)56(41-22-10-3-11-23-41,42-24-12-4-13-25-42)43-26-14-5-15-27-43/h1-4,6-14,16-36,49,51,53H,5,15H2,(H,52,54). The molecule has 0 spiro atoms. The van der Waals surface area contributed by atoms with Gasteiger partial charge in [-0.15, -0.1) is 10.0 Å². The molecule has 2 N–H and O–H groups in total. The van der Waals surface area contributed by atoms with Crippen LogP contribution in [0.3, 0.4) is 0 Å². The molecule has 56 heavy (non-hydrogen) atoms. The first-order valence-electron chi connectivity index (χ1n) is 19.4. The molecule has 0 saturated carbocycles. The van der Waals surface area contributed by atoms with E-state index in [1.165, 1.54) is 41.4 Å². The molecule has 1 aromatic heterocycles. The second kappa shape index (κ2) is 14.7. The summed E-state index contributed by atoms with van der Waals surface area (Å²) in [6.45, 7) is 0. The van der Waals surface area contributed by atoms with Crippen LogP contribution >= 0.6 is 10.0 Å². The number of allylic oxidation sites excluding steroid dienone is 3. The van der Waals surface area contributed by atoms with E-state index in [0.29, 0.717) is 0 Å². The van der Waals surface area contributed by atoms with Gasteiger partial charge in [0.25, 0.3) is 0 Å². The lowest BCUT2D eigenvalue weighted by Crippen LogP contribution is -2.44. The topological polar surface area (TPSA) is 41.4 Å². The maximum Gasteiger partial charge on any atom is 0.131 e. The summed E-state index contributed by atoms with van der Waals surface area (Å²) in [5.74, 6) is 0.882. The Kier molecular flexibility index (Phi) is 8.95. The molecular weight excluding hydrogens is 701 g/mol. The van der Waals surface area contributed by atoms with Crippen molar-refractivity contribution in [3.8, 4) is 5.69 Å². The highest BCUT2D eigenvalue weighted by Gasteiger charge is 2.35. The highest BCUT2D eigenvalue weighted by atomic mass is 32.3. The van der Waals surface area contributed by atoms with Crippen molar-refractivity contribution in [2.45, 2.75) is 39.9 Å². The molecule has 0 saturated heterocycles. The molecule has 272 valence electrons. The van der Waals surface area contributed by atoms with Crippen LogP contribution in [-0.4, -0.2) is 10.4 Å². The lowest BCUT2D eigenvalue weighted by molar-refractivity contribution is 0.409. The molecule has 2 atom stereocenters. The van der Waals surface area contributed by atoms with Crippen LogP contribution in [-0.2, 0) is 0 Å². The molecule has 10 rings (SSSR count). The minimum absolute atomic E-state index is 0.135. The van der Waals surface area contributed by atoms with Gasteiger partial charge in [0.15, 0.2) is 0 Å². The molecule has 2 unspecified atom stereocenters. The van der Waals surface area contributed by atoms with Gasteiger partial charge in [-0.3, -0.25) is 5.32 Å². The van der Waals surface area contributed by atoms with Crippen molar-refractivity contribution in [1.82, 2.24) is 15.2 Å². The fourth-order valence-electron chi connectivity index (χ4n) is 8.40. The smallest absolute Gasteiger partial charge is 0.131 e. The van der Waals surface area contributed by atoms with Crippen LogP contribution in [0.5, 0.6) is 0 Å². The molecule has 1 aliphatic heterocycles. The van der Waals surface area contributed by atoms with E-state index in [-0.39, 0.29) is 12.3 Å². The molecule has 7 aromatic carbocycles. The second-order valence-electron chi connectivity index (χ2n) is 14.3. The Morgan fingerprint density at radius 1 is 0.536 bits per heavy atom. The molecule has 0 radical (unpaired) electrons. The van der Waals surface area contributed by atoms with E-state index >= 15 is 0 Å². The number of benzene rings is 7. The van der Waals surface area contributed by atoms with Crippen LogP contribution in [0.15, 0.2) is 231 Å². The van der Waals surface area contributed by atoms with Crippen molar-refractivity contribution in [2.24, 2.45) is 4.99 Å². The minimum Gasteiger partial charge on any atom is -0.350 e. The SMILES string of the molecule is C1=CC(S(c2ccccc2)(c2ccccc2)c2ccc3c4ccccc4n(-c4ccc(C5NC(c6ccccc6)=NC(c6ccccc6)N5)cc4)c3c2)=CCC1. The van der Waals surface area contributed by atoms with Crippen LogP contribution in [0, 0.1) is 0 Å². The number of hydrogen-bond acceptors (Lipinski definition) is 3. The number of nitrogens with one attached hydrogen (secondary N) is 2. The Bertz CT molecular complexity index is 2700. The maximum atomic E-state index is 5.11. The van der Waals surface area contributed by atoms with Gasteiger partial charge in [0, 0.05) is 36.7 Å². The molecule has 2 aliphatic rings. The first-order valence-corrected chi connectivity index (χ1v) is 21.1. The van der Waals surface area contributed by atoms with Crippen LogP contribution in [0.1, 0.15) is 41.9 Å². The lowest BCUT2D eigenvalue weighted by atomic mass is 10.1. The Hall–Kier alpha value is -6.40. The Labute approximate surface area is 329 Å². The Morgan fingerprint density at radius 2 is 1.16 bits per heavy atom. The summed E-state index contributed by atoms with van der Waals surface area (Å²) >= 11 is 0. The molecule has 4 nitrogen and oxygen atoms in total. The van der Waals surface area contributed by atoms with Gasteiger partial charge >= 0.3 is 0 Å². The predicted octanol–water partition coefficient (Wildman–Crippen LogP) is 12.6. The van der Waals surface area contributed by atoms with Gasteiger partial charge in [-0.1, -0.05) is 152 Å². The van der Waals surface area contributed by atoms with E-state index in [1.807, 2.05) is 6.07 Å². The zero-order valence-electron chi connectivity index (χ0n) is 31.0. The lowest BCUT2D eigenvalue weighted by Gasteiger charge is -2.43. The summed E-state index contributed by atoms with van der Waals surface area (Å²) in [6, 6.07) is 68.3. The summed E-state index contributed by atoms with van der Waals surface area (Å²) < 4.78 is 2.45. The molecule has 1 aliphatic carbocycles. The third-order valence-corrected chi connectivity index (χ3v) is 14.9. The minimum atomic E-state index is -1.81. The summed E-state index contributed by atoms with van der Waals surface area (Å²) in [7, 11) is -1.81. The third kappa shape index (κ3) is 5.97. The van der Waals surface area contributed by atoms with Crippen molar-refractivity contribution < 1.29 is 0 Å². The number of para-hydroxylation sites is 1. The number of nitrogens with zero attached hydrogens (tertiary/aromatic N) is 2. The van der Waals surface area contributed by atoms with Gasteiger partial charge in [0.2, 0.25) is 0 Å². The van der Waals surface area contributed by atoms with E-state index in [2.05, 4.69) is 215 Å². The van der Waals surface area contributed by atoms with E-state index in [9.17, 15) is 0 Å². The second-order valence-corrected chi connectivity index (χ2v) is 17.5. The van der Waals surface area contributed by atoms with Crippen molar-refractivity contribution in [1.29, 1.82) is 0 Å². The van der Waals surface area contributed by atoms with Crippen molar-refractivity contribution in [3.05, 3.63) is 228 Å². The molecule has 2 heterocycles. The first kappa shape index (κ1) is 34.1. The number of hydrogen-bond donors (Lipinski definition) is 2. The van der Waals surface area contributed by atoms with Crippen molar-refractivity contribution >= 4 is 37.7 Å². The highest BCUT2D eigenvalue weighted by Crippen LogP contribution is 2.74. The van der Waals surface area contributed by atoms with Crippen molar-refractivity contribution in [2.75, 3.05) is 0 Å². The molecule has 8 aromatic rings. The largest absolute Gasteiger partial charge is 0.350 e. The third-order valence-electron chi connectivity index (χ3n) is 11.0. The average Bonchev–Trinajstić information content (AvgIpc) is 3.62. The molecular formula is C51H42N4S. The fourth-order valence-corrected chi connectivity index (χ4v) is 12.4. The number of rotatable bonds is 8. The van der Waals surface area contributed by atoms with Crippen LogP contribution in [0.2, 0.25) is 0 Å². The number of fused-ring (bicyclic) bond motifs is 3. The van der Waals surface area contributed by atoms with Crippen LogP contribution in [0.25, 0.3) is 27.5 Å². The normalized spacial score (nSPS) is 17.3. The highest BCUT2D eigenvalue weighted by molar-refractivity contribution is 8.37. The average molecular weight is 743 g/mol. The summed E-state index contributed by atoms with van der Waals surface area (Å²) in [6.07, 6.45) is 9.03. The van der Waals surface area contributed by atoms with Gasteiger partial charge in [-0.25, -0.2) is 4.99 Å². The van der Waals surface area contributed by atoms with Crippen LogP contribution in [0.4, 0.5) is 0 Å². The number of amidine groups is 1. The fraction of sp³-hybridized carbons (Fsp3) is 0.0784. The Morgan fingerprint density at radius 3 is 1.84 bits per heavy atom. The van der Waals surface area contributed by atoms with Gasteiger partial charge < -0.3 is 9.88 Å². The van der Waals surface area contributed by atoms with E-state index in [4.69, 9.17) is 4.99 Å². The van der Waals surface area contributed by atoms with E-state index in [1.54, 1.807) is 0 Å². The summed E-state index contributed by atoms with van der Waals surface area (Å²) in [4.78, 5) is 10.5. The molecule has 0 fully saturated rings. The van der Waals surface area contributed by atoms with Crippen molar-refractivity contribution in [3.63, 3.8) is 0 Å². The van der Waals surface area contributed by atoms with Crippen LogP contribution < -0.4 is 10.6 Å². The predicted molar refractivity (Wildman–Crippen MR) is 234 cm³/mol. The number of aliphatic imine (C=N–C) groups is 1. The van der Waals surface area contributed by atoms with Gasteiger partial charge in [0.05, 0.1) is 11.0 Å². The molecule has 5 heteroatoms. The molecule has 0 amide bonds. The first-order chi connectivity index (χ1) is 27.8. The molecule has 0 bridgehead atoms. The summed E-state index contributed by atoms with van der Waals surface area (Å²) in [5, 5.41) is 9.98. The monoisotopic (exact) mass is 742 g/mol. The van der Waals surface area contributed by atoms with Gasteiger partial charge in [-0.2, -0.15) is 0 Å². The van der Waals surface area contributed by atoms with Gasteiger partial charge in [0.1, 0.15) is 18.2 Å². The zero-order valence-corrected chi connectivity index (χ0v) is 31.8. The van der Waals surface area contributed by atoms with E-state index < -0.39 is 10.0 Å². The quantitative estimate of drug-likeness (QED) is 0.163. The van der Waals surface area contributed by atoms with Gasteiger partial charge in [-0.05, 0) is 83.5 Å². The Balaban J connectivity index is 1.11.